The average molecular weight is 382 g/mol. The standard InChI is InChI=1S/C20H18N2O6/c1-3-27-20(24)15-8-14(9-16(10-15)22(25)26)19(23)21-12(2)18-11-13-6-4-5-7-17(13)28-18/h4-12H,3H2,1-2H3,(H,21,23). The van der Waals surface area contributed by atoms with Gasteiger partial charge in [0.1, 0.15) is 11.3 Å². The van der Waals surface area contributed by atoms with Crippen molar-refractivity contribution in [2.75, 3.05) is 6.61 Å². The highest BCUT2D eigenvalue weighted by atomic mass is 16.6. The molecule has 1 aromatic heterocycles. The quantitative estimate of drug-likeness (QED) is 0.392. The first kappa shape index (κ1) is 19.1. The molecule has 1 atom stereocenters. The van der Waals surface area contributed by atoms with Crippen LogP contribution in [0.25, 0.3) is 11.0 Å². The van der Waals surface area contributed by atoms with Crippen molar-refractivity contribution in [3.8, 4) is 0 Å². The molecule has 0 aliphatic rings. The Morgan fingerprint density at radius 1 is 1.18 bits per heavy atom. The van der Waals surface area contributed by atoms with Crippen molar-refractivity contribution in [2.45, 2.75) is 19.9 Å². The van der Waals surface area contributed by atoms with Crippen LogP contribution in [-0.4, -0.2) is 23.4 Å². The Morgan fingerprint density at radius 2 is 1.89 bits per heavy atom. The van der Waals surface area contributed by atoms with E-state index in [1.165, 1.54) is 6.07 Å². The summed E-state index contributed by atoms with van der Waals surface area (Å²) >= 11 is 0. The van der Waals surface area contributed by atoms with Gasteiger partial charge in [0.15, 0.2) is 0 Å². The van der Waals surface area contributed by atoms with E-state index in [-0.39, 0.29) is 23.4 Å². The van der Waals surface area contributed by atoms with E-state index in [4.69, 9.17) is 9.15 Å². The molecule has 0 saturated carbocycles. The van der Waals surface area contributed by atoms with Gasteiger partial charge in [-0.1, -0.05) is 18.2 Å². The third-order valence-corrected chi connectivity index (χ3v) is 4.12. The molecule has 2 aromatic carbocycles. The minimum atomic E-state index is -0.731. The molecule has 0 bridgehead atoms. The lowest BCUT2D eigenvalue weighted by atomic mass is 10.1. The number of benzene rings is 2. The van der Waals surface area contributed by atoms with E-state index in [1.807, 2.05) is 30.3 Å². The Kier molecular flexibility index (Phi) is 5.39. The molecule has 0 saturated heterocycles. The Balaban J connectivity index is 1.86. The zero-order valence-electron chi connectivity index (χ0n) is 15.3. The number of non-ortho nitro benzene ring substituents is 1. The van der Waals surface area contributed by atoms with E-state index in [0.29, 0.717) is 11.3 Å². The number of hydrogen-bond acceptors (Lipinski definition) is 6. The second kappa shape index (κ2) is 7.91. The molecule has 1 unspecified atom stereocenters. The first-order chi connectivity index (χ1) is 13.4. The van der Waals surface area contributed by atoms with E-state index in [2.05, 4.69) is 5.32 Å². The van der Waals surface area contributed by atoms with Crippen LogP contribution in [0.5, 0.6) is 0 Å². The molecule has 0 radical (unpaired) electrons. The number of nitro groups is 1. The van der Waals surface area contributed by atoms with Crippen LogP contribution in [0, 0.1) is 10.1 Å². The lowest BCUT2D eigenvalue weighted by molar-refractivity contribution is -0.384. The van der Waals surface area contributed by atoms with E-state index in [9.17, 15) is 19.7 Å². The van der Waals surface area contributed by atoms with Gasteiger partial charge in [-0.05, 0) is 32.0 Å². The molecule has 8 heteroatoms. The summed E-state index contributed by atoms with van der Waals surface area (Å²) in [4.78, 5) is 35.1. The van der Waals surface area contributed by atoms with Gasteiger partial charge in [0, 0.05) is 23.1 Å². The number of nitro benzene ring substituents is 1. The number of carbonyl (C=O) groups is 2. The van der Waals surface area contributed by atoms with Gasteiger partial charge in [0.25, 0.3) is 11.6 Å². The molecule has 0 aliphatic carbocycles. The molecule has 0 spiro atoms. The summed E-state index contributed by atoms with van der Waals surface area (Å²) in [6, 6.07) is 12.2. The fraction of sp³-hybridized carbons (Fsp3) is 0.200. The summed E-state index contributed by atoms with van der Waals surface area (Å²) in [5.41, 5.74) is 0.253. The highest BCUT2D eigenvalue weighted by Gasteiger charge is 2.21. The predicted molar refractivity (Wildman–Crippen MR) is 101 cm³/mol. The second-order valence-electron chi connectivity index (χ2n) is 6.13. The molecular formula is C20H18N2O6. The van der Waals surface area contributed by atoms with Gasteiger partial charge >= 0.3 is 5.97 Å². The van der Waals surface area contributed by atoms with E-state index in [1.54, 1.807) is 13.8 Å². The highest BCUT2D eigenvalue weighted by molar-refractivity contribution is 5.99. The zero-order chi connectivity index (χ0) is 20.3. The van der Waals surface area contributed by atoms with Gasteiger partial charge in [0.05, 0.1) is 23.1 Å². The Hall–Kier alpha value is -3.68. The molecule has 1 amide bonds. The summed E-state index contributed by atoms with van der Waals surface area (Å²) in [6.45, 7) is 3.48. The number of amides is 1. The number of carbonyl (C=O) groups excluding carboxylic acids is 2. The van der Waals surface area contributed by atoms with E-state index in [0.717, 1.165) is 17.5 Å². The minimum absolute atomic E-state index is 0.0137. The Bertz CT molecular complexity index is 1020. The second-order valence-corrected chi connectivity index (χ2v) is 6.13. The van der Waals surface area contributed by atoms with Crippen LogP contribution in [0.2, 0.25) is 0 Å². The number of nitrogens with zero attached hydrogens (tertiary/aromatic N) is 1. The third-order valence-electron chi connectivity index (χ3n) is 4.12. The van der Waals surface area contributed by atoms with Crippen molar-refractivity contribution in [1.82, 2.24) is 5.32 Å². The van der Waals surface area contributed by atoms with Gasteiger partial charge in [-0.3, -0.25) is 14.9 Å². The summed E-state index contributed by atoms with van der Waals surface area (Å²) in [5, 5.41) is 14.8. The molecule has 0 fully saturated rings. The number of nitrogens with one attached hydrogen (secondary N) is 1. The molecule has 8 nitrogen and oxygen atoms in total. The van der Waals surface area contributed by atoms with Gasteiger partial charge in [-0.2, -0.15) is 0 Å². The van der Waals surface area contributed by atoms with Crippen LogP contribution in [0.3, 0.4) is 0 Å². The molecular weight excluding hydrogens is 364 g/mol. The van der Waals surface area contributed by atoms with Crippen molar-refractivity contribution in [2.24, 2.45) is 0 Å². The van der Waals surface area contributed by atoms with Crippen molar-refractivity contribution in [3.63, 3.8) is 0 Å². The molecule has 3 aromatic rings. The number of para-hydroxylation sites is 1. The average Bonchev–Trinajstić information content (AvgIpc) is 3.12. The summed E-state index contributed by atoms with van der Waals surface area (Å²) in [5.74, 6) is -0.751. The molecule has 28 heavy (non-hydrogen) atoms. The topological polar surface area (TPSA) is 112 Å². The SMILES string of the molecule is CCOC(=O)c1cc(C(=O)NC(C)c2cc3ccccc3o2)cc([N+](=O)[O-])c1. The lowest BCUT2D eigenvalue weighted by Gasteiger charge is -2.12. The van der Waals surface area contributed by atoms with Crippen molar-refractivity contribution >= 4 is 28.5 Å². The molecule has 0 aliphatic heterocycles. The smallest absolute Gasteiger partial charge is 0.338 e. The first-order valence-corrected chi connectivity index (χ1v) is 8.65. The van der Waals surface area contributed by atoms with Crippen LogP contribution < -0.4 is 5.32 Å². The van der Waals surface area contributed by atoms with Gasteiger partial charge in [-0.25, -0.2) is 4.79 Å². The minimum Gasteiger partial charge on any atom is -0.462 e. The van der Waals surface area contributed by atoms with Gasteiger partial charge in [0.2, 0.25) is 0 Å². The number of fused-ring (bicyclic) bond motifs is 1. The van der Waals surface area contributed by atoms with Crippen LogP contribution in [0.1, 0.15) is 46.4 Å². The van der Waals surface area contributed by atoms with Crippen LogP contribution in [0.4, 0.5) is 5.69 Å². The van der Waals surface area contributed by atoms with Crippen LogP contribution in [-0.2, 0) is 4.74 Å². The molecule has 3 rings (SSSR count). The highest BCUT2D eigenvalue weighted by Crippen LogP contribution is 2.24. The first-order valence-electron chi connectivity index (χ1n) is 8.65. The van der Waals surface area contributed by atoms with Crippen molar-refractivity contribution in [1.29, 1.82) is 0 Å². The van der Waals surface area contributed by atoms with Gasteiger partial charge < -0.3 is 14.5 Å². The normalized spacial score (nSPS) is 11.8. The lowest BCUT2D eigenvalue weighted by Crippen LogP contribution is -2.26. The molecule has 144 valence electrons. The number of rotatable bonds is 6. The fourth-order valence-corrected chi connectivity index (χ4v) is 2.75. The summed E-state index contributed by atoms with van der Waals surface area (Å²) < 4.78 is 10.6. The van der Waals surface area contributed by atoms with Crippen molar-refractivity contribution < 1.29 is 23.7 Å². The Morgan fingerprint density at radius 3 is 2.57 bits per heavy atom. The third kappa shape index (κ3) is 4.01. The van der Waals surface area contributed by atoms with E-state index < -0.39 is 22.8 Å². The maximum atomic E-state index is 12.6. The van der Waals surface area contributed by atoms with Gasteiger partial charge in [-0.15, -0.1) is 0 Å². The number of furan rings is 1. The van der Waals surface area contributed by atoms with Crippen LogP contribution >= 0.6 is 0 Å². The predicted octanol–water partition coefficient (Wildman–Crippen LogP) is 4.01. The maximum Gasteiger partial charge on any atom is 0.338 e. The number of esters is 1. The van der Waals surface area contributed by atoms with Crippen molar-refractivity contribution in [3.05, 3.63) is 75.5 Å². The summed E-state index contributed by atoms with van der Waals surface area (Å²) in [6.07, 6.45) is 0. The summed E-state index contributed by atoms with van der Waals surface area (Å²) in [7, 11) is 0. The number of ether oxygens (including phenoxy) is 1. The molecule has 1 heterocycles. The monoisotopic (exact) mass is 382 g/mol. The largest absolute Gasteiger partial charge is 0.462 e. The maximum absolute atomic E-state index is 12.6. The van der Waals surface area contributed by atoms with Crippen LogP contribution in [0.15, 0.2) is 52.9 Å². The number of hydrogen-bond donors (Lipinski definition) is 1. The Labute approximate surface area is 160 Å². The van der Waals surface area contributed by atoms with E-state index >= 15 is 0 Å². The zero-order valence-corrected chi connectivity index (χ0v) is 15.3. The molecule has 1 N–H and O–H groups in total. The fourth-order valence-electron chi connectivity index (χ4n) is 2.75.